The van der Waals surface area contributed by atoms with Gasteiger partial charge in [0, 0.05) is 6.58 Å². The summed E-state index contributed by atoms with van der Waals surface area (Å²) in [5, 5.41) is 9.39. The second kappa shape index (κ2) is 4.16. The summed E-state index contributed by atoms with van der Waals surface area (Å²) < 4.78 is 12.4. The van der Waals surface area contributed by atoms with Gasteiger partial charge in [0.2, 0.25) is 0 Å². The van der Waals surface area contributed by atoms with E-state index in [9.17, 15) is 10.00 Å². The third-order valence-corrected chi connectivity index (χ3v) is 3.48. The Hall–Kier alpha value is 0.530. The summed E-state index contributed by atoms with van der Waals surface area (Å²) in [4.78, 5) is 11.2. The van der Waals surface area contributed by atoms with Crippen molar-refractivity contribution < 1.29 is 16.1 Å². The highest BCUT2D eigenvalue weighted by atomic mass is 32.4. The predicted octanol–water partition coefficient (Wildman–Crippen LogP) is -0.0891. The first-order chi connectivity index (χ1) is 5.88. The maximum atomic E-state index is 11.2. The Morgan fingerprint density at radius 2 is 2.58 bits per heavy atom. The molecule has 1 aliphatic heterocycles. The largest absolute Gasteiger partial charge is 0.821 e. The van der Waals surface area contributed by atoms with E-state index in [0.29, 0.717) is 19.0 Å². The Balaban J connectivity index is 2.34. The summed E-state index contributed by atoms with van der Waals surface area (Å²) >= 11 is 4.76. The van der Waals surface area contributed by atoms with Gasteiger partial charge in [-0.3, -0.25) is 0 Å². The van der Waals surface area contributed by atoms with Crippen LogP contribution in [0.25, 0.3) is 0 Å². The lowest BCUT2D eigenvalue weighted by Gasteiger charge is -2.24. The maximum absolute atomic E-state index is 11.2. The molecule has 0 aromatic rings. The van der Waals surface area contributed by atoms with Crippen LogP contribution in [0.4, 0.5) is 0 Å². The number of aliphatic hydroxyl groups excluding tert-OH is 1. The van der Waals surface area contributed by atoms with Crippen LogP contribution >= 0.6 is 6.26 Å². The number of ether oxygens (including phenoxy) is 1. The molecule has 1 saturated heterocycles. The molecule has 3 nitrogen and oxygen atoms in total. The lowest BCUT2D eigenvalue weighted by molar-refractivity contribution is -0.160. The zero-order chi connectivity index (χ0) is 10.1. The van der Waals surface area contributed by atoms with Gasteiger partial charge in [0.25, 0.3) is 0 Å². The topological polar surface area (TPSA) is 52.5 Å². The summed E-state index contributed by atoms with van der Waals surface area (Å²) in [6.45, 7) is 0.906. The fourth-order valence-corrected chi connectivity index (χ4v) is 2.18. The van der Waals surface area contributed by atoms with Gasteiger partial charge in [-0.25, -0.2) is 0 Å². The van der Waals surface area contributed by atoms with Gasteiger partial charge in [-0.1, -0.05) is 0 Å². The standard InChI is InChI=1S/C7H15O3PS/c1-11(9,12)5-3-7-6(8)2-4-10-7/h6-8H,2-5H2,1H3,(H,9,12)/p-1/t6-,7-,11?/m1/s1/i4T/t4?,6-,7-,11?. The molecule has 72 valence electrons. The molecule has 0 aliphatic carbocycles. The molecular formula is C7H14O3PS-. The van der Waals surface area contributed by atoms with E-state index in [1.165, 1.54) is 0 Å². The molecule has 0 amide bonds. The van der Waals surface area contributed by atoms with E-state index < -0.39 is 19.0 Å². The molecule has 0 radical (unpaired) electrons. The number of hydrogen-bond acceptors (Lipinski definition) is 4. The number of aliphatic hydroxyl groups is 1. The van der Waals surface area contributed by atoms with Gasteiger partial charge in [0.15, 0.2) is 0 Å². The molecule has 1 aliphatic rings. The van der Waals surface area contributed by atoms with Crippen molar-refractivity contribution >= 4 is 18.1 Å². The van der Waals surface area contributed by atoms with E-state index in [-0.39, 0.29) is 6.10 Å². The third kappa shape index (κ3) is 3.50. The van der Waals surface area contributed by atoms with Crippen LogP contribution in [-0.2, 0) is 16.5 Å². The van der Waals surface area contributed by atoms with Crippen LogP contribution in [0.3, 0.4) is 0 Å². The summed E-state index contributed by atoms with van der Waals surface area (Å²) in [5.74, 6) is 0. The fourth-order valence-electron chi connectivity index (χ4n) is 1.14. The van der Waals surface area contributed by atoms with Gasteiger partial charge in [0.1, 0.15) is 0 Å². The summed E-state index contributed by atoms with van der Waals surface area (Å²) in [7, 11) is 0. The minimum Gasteiger partial charge on any atom is -0.821 e. The van der Waals surface area contributed by atoms with Crippen LogP contribution in [0.2, 0.25) is 0 Å². The molecule has 1 fully saturated rings. The third-order valence-electron chi connectivity index (χ3n) is 1.86. The normalized spacial score (nSPS) is 42.2. The SMILES string of the molecule is [3H]C1C[C@@H](O)[C@@H](CCP(C)([O-])=S)O1. The molecular weight excluding hydrogens is 195 g/mol. The molecule has 0 aromatic heterocycles. The Morgan fingerprint density at radius 1 is 1.92 bits per heavy atom. The predicted molar refractivity (Wildman–Crippen MR) is 50.1 cm³/mol. The lowest BCUT2D eigenvalue weighted by atomic mass is 10.1. The molecule has 0 aromatic carbocycles. The second-order valence-electron chi connectivity index (χ2n) is 3.17. The van der Waals surface area contributed by atoms with Gasteiger partial charge in [-0.15, -0.1) is 18.1 Å². The van der Waals surface area contributed by atoms with Crippen molar-refractivity contribution in [3.05, 3.63) is 0 Å². The Kier molecular flexibility index (Phi) is 3.15. The van der Waals surface area contributed by atoms with E-state index in [4.69, 9.17) is 17.9 Å². The zero-order valence-corrected chi connectivity index (χ0v) is 8.68. The van der Waals surface area contributed by atoms with Crippen molar-refractivity contribution in [3.8, 4) is 0 Å². The molecule has 0 bridgehead atoms. The van der Waals surface area contributed by atoms with E-state index in [1.54, 1.807) is 6.66 Å². The summed E-state index contributed by atoms with van der Waals surface area (Å²) in [5.41, 5.74) is 0. The highest BCUT2D eigenvalue weighted by Crippen LogP contribution is 2.33. The van der Waals surface area contributed by atoms with Crippen molar-refractivity contribution in [1.82, 2.24) is 0 Å². The molecule has 0 spiro atoms. The first-order valence-electron chi connectivity index (χ1n) is 4.49. The van der Waals surface area contributed by atoms with E-state index in [0.717, 1.165) is 0 Å². The minimum absolute atomic E-state index is 0.343. The molecule has 1 heterocycles. The monoisotopic (exact) mass is 211 g/mol. The van der Waals surface area contributed by atoms with E-state index in [1.807, 2.05) is 0 Å². The molecule has 1 N–H and O–H groups in total. The molecule has 2 unspecified atom stereocenters. The van der Waals surface area contributed by atoms with Gasteiger partial charge in [-0.2, -0.15) is 0 Å². The van der Waals surface area contributed by atoms with Gasteiger partial charge in [0.05, 0.1) is 13.6 Å². The highest BCUT2D eigenvalue weighted by Gasteiger charge is 2.25. The van der Waals surface area contributed by atoms with E-state index in [2.05, 4.69) is 0 Å². The Morgan fingerprint density at radius 3 is 3.00 bits per heavy atom. The molecule has 12 heavy (non-hydrogen) atoms. The molecule has 4 atom stereocenters. The van der Waals surface area contributed by atoms with Crippen molar-refractivity contribution in [2.24, 2.45) is 0 Å². The van der Waals surface area contributed by atoms with Crippen molar-refractivity contribution in [1.29, 1.82) is 0 Å². The molecule has 0 saturated carbocycles. The average molecular weight is 211 g/mol. The summed E-state index contributed by atoms with van der Waals surface area (Å²) in [6, 6.07) is 0. The van der Waals surface area contributed by atoms with Crippen LogP contribution in [0.5, 0.6) is 0 Å². The Bertz CT molecular complexity index is 220. The molecule has 5 heteroatoms. The minimum atomic E-state index is -2.43. The fraction of sp³-hybridized carbons (Fsp3) is 1.00. The first-order valence-corrected chi connectivity index (χ1v) is 7.27. The number of rotatable bonds is 3. The van der Waals surface area contributed by atoms with Gasteiger partial charge >= 0.3 is 0 Å². The summed E-state index contributed by atoms with van der Waals surface area (Å²) in [6.07, 6.45) is -2.14. The lowest BCUT2D eigenvalue weighted by Crippen LogP contribution is -2.22. The first kappa shape index (κ1) is 9.10. The smallest absolute Gasteiger partial charge is 0.0838 e. The second-order valence-corrected chi connectivity index (χ2v) is 7.96. The average Bonchev–Trinajstić information content (AvgIpc) is 2.24. The van der Waals surface area contributed by atoms with Crippen LogP contribution < -0.4 is 4.89 Å². The van der Waals surface area contributed by atoms with Crippen molar-refractivity contribution in [2.45, 2.75) is 25.0 Å². The van der Waals surface area contributed by atoms with Gasteiger partial charge < -0.3 is 14.7 Å². The number of hydrogen-bond donors (Lipinski definition) is 1. The van der Waals surface area contributed by atoms with Crippen LogP contribution in [0.1, 0.15) is 14.2 Å². The highest BCUT2D eigenvalue weighted by molar-refractivity contribution is 8.10. The maximum Gasteiger partial charge on any atom is 0.0838 e. The van der Waals surface area contributed by atoms with Crippen LogP contribution in [0.15, 0.2) is 0 Å². The van der Waals surface area contributed by atoms with Crippen molar-refractivity contribution in [2.75, 3.05) is 19.4 Å². The zero-order valence-electron chi connectivity index (χ0n) is 7.97. The van der Waals surface area contributed by atoms with Gasteiger partial charge in [-0.05, 0) is 25.7 Å². The quantitative estimate of drug-likeness (QED) is 0.663. The van der Waals surface area contributed by atoms with Crippen molar-refractivity contribution in [3.63, 3.8) is 0 Å². The molecule has 1 rings (SSSR count). The van der Waals surface area contributed by atoms with Crippen LogP contribution in [0, 0.1) is 0 Å². The van der Waals surface area contributed by atoms with E-state index >= 15 is 0 Å². The Labute approximate surface area is 79.2 Å². The van der Waals surface area contributed by atoms with Crippen LogP contribution in [-0.4, -0.2) is 36.7 Å².